The number of ether oxygens (including phenoxy) is 1. The van der Waals surface area contributed by atoms with Crippen LogP contribution >= 0.6 is 11.6 Å². The first-order valence-corrected chi connectivity index (χ1v) is 7.43. The highest BCUT2D eigenvalue weighted by atomic mass is 35.5. The molecule has 0 bridgehead atoms. The molecule has 0 unspecified atom stereocenters. The molecule has 0 spiro atoms. The van der Waals surface area contributed by atoms with Crippen molar-refractivity contribution in [1.82, 2.24) is 10.2 Å². The average Bonchev–Trinajstić information content (AvgIpc) is 2.48. The second kappa shape index (κ2) is 6.03. The fourth-order valence-corrected chi connectivity index (χ4v) is 3.05. The monoisotopic (exact) mass is 308 g/mol. The van der Waals surface area contributed by atoms with Gasteiger partial charge in [0.25, 0.3) is 0 Å². The van der Waals surface area contributed by atoms with Crippen LogP contribution in [0.3, 0.4) is 0 Å². The number of halogens is 1. The maximum absolute atomic E-state index is 12.4. The molecule has 2 aliphatic heterocycles. The van der Waals surface area contributed by atoms with E-state index >= 15 is 0 Å². The summed E-state index contributed by atoms with van der Waals surface area (Å²) >= 11 is 6.09. The minimum Gasteiger partial charge on any atom is -0.366 e. The molecule has 1 aromatic rings. The van der Waals surface area contributed by atoms with Gasteiger partial charge in [-0.1, -0.05) is 29.8 Å². The molecule has 6 heteroatoms. The van der Waals surface area contributed by atoms with E-state index in [1.807, 2.05) is 18.2 Å². The van der Waals surface area contributed by atoms with Crippen molar-refractivity contribution in [3.8, 4) is 0 Å². The Balaban J connectivity index is 1.63. The lowest BCUT2D eigenvalue weighted by atomic mass is 9.99. The van der Waals surface area contributed by atoms with Crippen molar-refractivity contribution < 1.29 is 14.3 Å². The van der Waals surface area contributed by atoms with E-state index in [2.05, 4.69) is 5.32 Å². The van der Waals surface area contributed by atoms with E-state index in [1.54, 1.807) is 11.0 Å². The Morgan fingerprint density at radius 3 is 3.05 bits per heavy atom. The summed E-state index contributed by atoms with van der Waals surface area (Å²) in [6, 6.07) is 7.26. The van der Waals surface area contributed by atoms with Gasteiger partial charge in [-0.3, -0.25) is 9.59 Å². The van der Waals surface area contributed by atoms with Gasteiger partial charge in [-0.2, -0.15) is 0 Å². The van der Waals surface area contributed by atoms with Crippen molar-refractivity contribution in [3.05, 3.63) is 34.9 Å². The summed E-state index contributed by atoms with van der Waals surface area (Å²) < 4.78 is 5.49. The lowest BCUT2D eigenvalue weighted by molar-refractivity contribution is -0.146. The maximum atomic E-state index is 12.4. The molecule has 2 saturated heterocycles. The molecule has 1 N–H and O–H groups in total. The summed E-state index contributed by atoms with van der Waals surface area (Å²) in [5.74, 6) is -0.0852. The maximum Gasteiger partial charge on any atom is 0.246 e. The minimum atomic E-state index is -0.114. The Morgan fingerprint density at radius 2 is 2.24 bits per heavy atom. The Hall–Kier alpha value is -1.59. The van der Waals surface area contributed by atoms with Gasteiger partial charge < -0.3 is 15.0 Å². The van der Waals surface area contributed by atoms with Gasteiger partial charge in [0.05, 0.1) is 18.6 Å². The number of carbonyl (C=O) groups is 2. The van der Waals surface area contributed by atoms with Gasteiger partial charge in [-0.15, -0.1) is 0 Å². The number of hydrogen-bond donors (Lipinski definition) is 1. The molecule has 2 aliphatic rings. The highest BCUT2D eigenvalue weighted by Crippen LogP contribution is 2.20. The third kappa shape index (κ3) is 3.19. The molecule has 2 fully saturated rings. The molecule has 5 nitrogen and oxygen atoms in total. The fourth-order valence-electron chi connectivity index (χ4n) is 2.84. The predicted octanol–water partition coefficient (Wildman–Crippen LogP) is 0.998. The van der Waals surface area contributed by atoms with Crippen LogP contribution < -0.4 is 5.32 Å². The van der Waals surface area contributed by atoms with E-state index in [0.29, 0.717) is 18.1 Å². The Labute approximate surface area is 128 Å². The quantitative estimate of drug-likeness (QED) is 0.887. The topological polar surface area (TPSA) is 58.6 Å². The van der Waals surface area contributed by atoms with Crippen LogP contribution in [-0.2, 0) is 20.7 Å². The van der Waals surface area contributed by atoms with E-state index in [9.17, 15) is 9.59 Å². The number of piperidine rings is 1. The van der Waals surface area contributed by atoms with E-state index in [0.717, 1.165) is 12.0 Å². The standard InChI is InChI=1S/C15H17ClN2O3/c16-11-4-2-1-3-10(11)7-15(20)18-6-5-13-12(8-18)17-14(19)9-21-13/h1-4,12-13H,5-9H2,(H,17,19)/t12-,13-/m0/s1. The predicted molar refractivity (Wildman–Crippen MR) is 78.0 cm³/mol. The molecule has 2 atom stereocenters. The second-order valence-corrected chi connectivity index (χ2v) is 5.83. The Morgan fingerprint density at radius 1 is 1.43 bits per heavy atom. The van der Waals surface area contributed by atoms with E-state index < -0.39 is 0 Å². The summed E-state index contributed by atoms with van der Waals surface area (Å²) in [7, 11) is 0. The third-order valence-corrected chi connectivity index (χ3v) is 4.35. The number of nitrogens with zero attached hydrogens (tertiary/aromatic N) is 1. The molecule has 2 heterocycles. The molecule has 21 heavy (non-hydrogen) atoms. The molecule has 1 aromatic carbocycles. The average molecular weight is 309 g/mol. The van der Waals surface area contributed by atoms with Gasteiger partial charge in [-0.05, 0) is 18.1 Å². The first-order valence-electron chi connectivity index (χ1n) is 7.05. The molecule has 112 valence electrons. The van der Waals surface area contributed by atoms with E-state index in [4.69, 9.17) is 16.3 Å². The Bertz CT molecular complexity index is 564. The van der Waals surface area contributed by atoms with Crippen molar-refractivity contribution >= 4 is 23.4 Å². The number of morpholine rings is 1. The van der Waals surface area contributed by atoms with Crippen molar-refractivity contribution in [3.63, 3.8) is 0 Å². The summed E-state index contributed by atoms with van der Waals surface area (Å²) in [4.78, 5) is 25.5. The molecule has 3 rings (SSSR count). The van der Waals surface area contributed by atoms with Gasteiger partial charge >= 0.3 is 0 Å². The van der Waals surface area contributed by atoms with Crippen LogP contribution in [0, 0.1) is 0 Å². The summed E-state index contributed by atoms with van der Waals surface area (Å²) in [5, 5.41) is 3.50. The zero-order valence-corrected chi connectivity index (χ0v) is 12.3. The van der Waals surface area contributed by atoms with Crippen LogP contribution in [0.5, 0.6) is 0 Å². The zero-order chi connectivity index (χ0) is 14.8. The SMILES string of the molecule is O=C1CO[C@H]2CCN(C(=O)Cc3ccccc3Cl)C[C@@H]2N1. The number of fused-ring (bicyclic) bond motifs is 1. The highest BCUT2D eigenvalue weighted by molar-refractivity contribution is 6.31. The van der Waals surface area contributed by atoms with Crippen LogP contribution in [0.15, 0.2) is 24.3 Å². The van der Waals surface area contributed by atoms with Gasteiger partial charge in [0.15, 0.2) is 0 Å². The van der Waals surface area contributed by atoms with Crippen LogP contribution in [0.25, 0.3) is 0 Å². The number of benzene rings is 1. The number of amides is 2. The van der Waals surface area contributed by atoms with Crippen LogP contribution in [0.2, 0.25) is 5.02 Å². The summed E-state index contributed by atoms with van der Waals surface area (Å²) in [6.45, 7) is 1.27. The van der Waals surface area contributed by atoms with Gasteiger partial charge in [-0.25, -0.2) is 0 Å². The largest absolute Gasteiger partial charge is 0.366 e. The molecule has 2 amide bonds. The molecule has 0 aliphatic carbocycles. The number of rotatable bonds is 2. The first kappa shape index (κ1) is 14.4. The van der Waals surface area contributed by atoms with Crippen LogP contribution in [-0.4, -0.2) is 48.6 Å². The molecular formula is C15H17ClN2O3. The lowest BCUT2D eigenvalue weighted by Gasteiger charge is -2.41. The van der Waals surface area contributed by atoms with Crippen molar-refractivity contribution in [2.75, 3.05) is 19.7 Å². The summed E-state index contributed by atoms with van der Waals surface area (Å²) in [5.41, 5.74) is 0.829. The number of nitrogens with one attached hydrogen (secondary N) is 1. The van der Waals surface area contributed by atoms with Crippen LogP contribution in [0.4, 0.5) is 0 Å². The number of hydrogen-bond acceptors (Lipinski definition) is 3. The van der Waals surface area contributed by atoms with E-state index in [-0.39, 0.29) is 37.0 Å². The first-order chi connectivity index (χ1) is 10.1. The van der Waals surface area contributed by atoms with Crippen molar-refractivity contribution in [2.24, 2.45) is 0 Å². The normalized spacial score (nSPS) is 25.2. The van der Waals surface area contributed by atoms with E-state index in [1.165, 1.54) is 0 Å². The molecule has 0 radical (unpaired) electrons. The smallest absolute Gasteiger partial charge is 0.246 e. The fraction of sp³-hybridized carbons (Fsp3) is 0.467. The number of likely N-dealkylation sites (tertiary alicyclic amines) is 1. The zero-order valence-electron chi connectivity index (χ0n) is 11.5. The lowest BCUT2D eigenvalue weighted by Crippen LogP contribution is -2.61. The van der Waals surface area contributed by atoms with Gasteiger partial charge in [0.2, 0.25) is 11.8 Å². The van der Waals surface area contributed by atoms with Crippen LogP contribution in [0.1, 0.15) is 12.0 Å². The molecule has 0 aromatic heterocycles. The highest BCUT2D eigenvalue weighted by Gasteiger charge is 2.36. The van der Waals surface area contributed by atoms with Gasteiger partial charge in [0, 0.05) is 18.1 Å². The summed E-state index contributed by atoms with van der Waals surface area (Å²) in [6.07, 6.45) is 1.05. The van der Waals surface area contributed by atoms with Crippen molar-refractivity contribution in [1.29, 1.82) is 0 Å². The molecule has 0 saturated carbocycles. The molecular weight excluding hydrogens is 292 g/mol. The van der Waals surface area contributed by atoms with Gasteiger partial charge in [0.1, 0.15) is 6.61 Å². The van der Waals surface area contributed by atoms with Crippen molar-refractivity contribution in [2.45, 2.75) is 25.0 Å². The third-order valence-electron chi connectivity index (χ3n) is 3.98. The Kier molecular flexibility index (Phi) is 4.12. The minimum absolute atomic E-state index is 0.0204. The second-order valence-electron chi connectivity index (χ2n) is 5.42. The number of carbonyl (C=O) groups excluding carboxylic acids is 2.